The van der Waals surface area contributed by atoms with Crippen molar-refractivity contribution in [1.29, 1.82) is 0 Å². The van der Waals surface area contributed by atoms with Crippen LogP contribution < -0.4 is 10.7 Å². The summed E-state index contributed by atoms with van der Waals surface area (Å²) in [5.74, 6) is -0.662. The topological polar surface area (TPSA) is 97.0 Å². The number of nitrogens with one attached hydrogen (secondary N) is 2. The molecule has 0 bridgehead atoms. The zero-order valence-electron chi connectivity index (χ0n) is 20.3. The van der Waals surface area contributed by atoms with E-state index >= 15 is 0 Å². The molecule has 0 unspecified atom stereocenters. The molecule has 0 spiro atoms. The number of nitrogens with zero attached hydrogens (tertiary/aromatic N) is 1. The van der Waals surface area contributed by atoms with Crippen LogP contribution in [0.4, 0.5) is 9.59 Å². The third-order valence-corrected chi connectivity index (χ3v) is 6.05. The summed E-state index contributed by atoms with van der Waals surface area (Å²) in [5, 5.41) is 3.54. The van der Waals surface area contributed by atoms with Crippen LogP contribution in [0, 0.1) is 0 Å². The normalized spacial score (nSPS) is 12.6. The highest BCUT2D eigenvalue weighted by atomic mass is 16.6. The molecule has 4 rings (SSSR count). The fraction of sp³-hybridized carbons (Fsp3) is 0.250. The van der Waals surface area contributed by atoms with Crippen molar-refractivity contribution in [3.63, 3.8) is 0 Å². The van der Waals surface area contributed by atoms with Crippen molar-refractivity contribution in [2.24, 2.45) is 0 Å². The Kier molecular flexibility index (Phi) is 7.85. The molecule has 0 heterocycles. The van der Waals surface area contributed by atoms with Crippen molar-refractivity contribution in [2.45, 2.75) is 25.3 Å². The summed E-state index contributed by atoms with van der Waals surface area (Å²) >= 11 is 0. The molecule has 0 radical (unpaired) electrons. The Morgan fingerprint density at radius 2 is 1.44 bits per heavy atom. The van der Waals surface area contributed by atoms with Crippen LogP contribution in [-0.2, 0) is 20.7 Å². The van der Waals surface area contributed by atoms with Gasteiger partial charge in [-0.3, -0.25) is 10.2 Å². The van der Waals surface area contributed by atoms with Gasteiger partial charge in [-0.1, -0.05) is 78.9 Å². The Morgan fingerprint density at radius 3 is 2.06 bits per heavy atom. The number of alkyl carbamates (subject to hydrolysis) is 1. The van der Waals surface area contributed by atoms with E-state index in [4.69, 9.17) is 9.47 Å². The van der Waals surface area contributed by atoms with Gasteiger partial charge in [0, 0.05) is 19.4 Å². The Morgan fingerprint density at radius 1 is 0.861 bits per heavy atom. The zero-order chi connectivity index (χ0) is 25.5. The lowest BCUT2D eigenvalue weighted by molar-refractivity contribution is -0.126. The summed E-state index contributed by atoms with van der Waals surface area (Å²) in [5.41, 5.74) is 7.81. The van der Waals surface area contributed by atoms with Gasteiger partial charge in [-0.15, -0.1) is 0 Å². The largest absolute Gasteiger partial charge is 0.450 e. The van der Waals surface area contributed by atoms with Crippen molar-refractivity contribution in [3.05, 3.63) is 95.6 Å². The van der Waals surface area contributed by atoms with Crippen LogP contribution >= 0.6 is 0 Å². The van der Waals surface area contributed by atoms with Crippen molar-refractivity contribution in [1.82, 2.24) is 15.8 Å². The third kappa shape index (κ3) is 5.66. The third-order valence-electron chi connectivity index (χ3n) is 6.05. The minimum absolute atomic E-state index is 0.0956. The standard InChI is InChI=1S/C28H29N3O5/c1-3-35-27(33)29-25(17-19-11-5-4-6-12-19)26(32)30-31(2)28(34)36-18-24-22-15-9-7-13-20(22)21-14-8-10-16-23(21)24/h4-16,24-25H,3,17-18H2,1-2H3,(H,29,33)(H,30,32)/t25-/m0/s1. The number of hydrogen-bond donors (Lipinski definition) is 2. The van der Waals surface area contributed by atoms with Gasteiger partial charge in [-0.05, 0) is 34.7 Å². The van der Waals surface area contributed by atoms with Crippen LogP contribution in [0.15, 0.2) is 78.9 Å². The summed E-state index contributed by atoms with van der Waals surface area (Å²) in [6, 6.07) is 24.4. The van der Waals surface area contributed by atoms with E-state index in [-0.39, 0.29) is 25.6 Å². The van der Waals surface area contributed by atoms with E-state index in [1.54, 1.807) is 6.92 Å². The van der Waals surface area contributed by atoms with Gasteiger partial charge < -0.3 is 14.8 Å². The molecule has 1 aliphatic carbocycles. The Bertz CT molecular complexity index is 1190. The zero-order valence-corrected chi connectivity index (χ0v) is 20.3. The summed E-state index contributed by atoms with van der Waals surface area (Å²) in [4.78, 5) is 37.7. The molecule has 0 aromatic heterocycles. The minimum Gasteiger partial charge on any atom is -0.450 e. The number of ether oxygens (including phenoxy) is 2. The molecule has 3 aromatic rings. The lowest BCUT2D eigenvalue weighted by Crippen LogP contribution is -2.53. The SMILES string of the molecule is CCOC(=O)N[C@@H](Cc1ccccc1)C(=O)NN(C)C(=O)OCC1c2ccccc2-c2ccccc21. The highest BCUT2D eigenvalue weighted by Gasteiger charge is 2.30. The lowest BCUT2D eigenvalue weighted by Gasteiger charge is -2.23. The number of amides is 3. The second-order valence-corrected chi connectivity index (χ2v) is 8.45. The number of hydrazine groups is 1. The summed E-state index contributed by atoms with van der Waals surface area (Å²) < 4.78 is 10.5. The Labute approximate surface area is 210 Å². The maximum Gasteiger partial charge on any atom is 0.428 e. The van der Waals surface area contributed by atoms with Crippen LogP contribution in [0.3, 0.4) is 0 Å². The maximum atomic E-state index is 13.0. The van der Waals surface area contributed by atoms with E-state index in [9.17, 15) is 14.4 Å². The molecule has 8 heteroatoms. The lowest BCUT2D eigenvalue weighted by atomic mass is 9.98. The van der Waals surface area contributed by atoms with Gasteiger partial charge in [0.05, 0.1) is 6.61 Å². The molecule has 0 saturated carbocycles. The van der Waals surface area contributed by atoms with Gasteiger partial charge in [0.2, 0.25) is 0 Å². The van der Waals surface area contributed by atoms with E-state index in [1.165, 1.54) is 7.05 Å². The van der Waals surface area contributed by atoms with Gasteiger partial charge >= 0.3 is 12.2 Å². The average Bonchev–Trinajstić information content (AvgIpc) is 3.21. The second kappa shape index (κ2) is 11.4. The van der Waals surface area contributed by atoms with E-state index in [1.807, 2.05) is 66.7 Å². The van der Waals surface area contributed by atoms with Gasteiger partial charge in [0.25, 0.3) is 5.91 Å². The molecule has 0 aliphatic heterocycles. The monoisotopic (exact) mass is 487 g/mol. The number of carbonyl (C=O) groups is 3. The number of rotatable bonds is 7. The molecule has 0 fully saturated rings. The van der Waals surface area contributed by atoms with Crippen LogP contribution in [0.25, 0.3) is 11.1 Å². The van der Waals surface area contributed by atoms with Crippen molar-refractivity contribution >= 4 is 18.1 Å². The number of carbonyl (C=O) groups excluding carboxylic acids is 3. The maximum absolute atomic E-state index is 13.0. The summed E-state index contributed by atoms with van der Waals surface area (Å²) in [6.07, 6.45) is -1.19. The summed E-state index contributed by atoms with van der Waals surface area (Å²) in [6.45, 7) is 1.98. The quantitative estimate of drug-likeness (QED) is 0.486. The van der Waals surface area contributed by atoms with Crippen molar-refractivity contribution < 1.29 is 23.9 Å². The van der Waals surface area contributed by atoms with Gasteiger partial charge in [-0.25, -0.2) is 14.6 Å². The highest BCUT2D eigenvalue weighted by Crippen LogP contribution is 2.44. The van der Waals surface area contributed by atoms with E-state index < -0.39 is 24.1 Å². The second-order valence-electron chi connectivity index (χ2n) is 8.45. The van der Waals surface area contributed by atoms with E-state index in [0.29, 0.717) is 0 Å². The van der Waals surface area contributed by atoms with Crippen molar-refractivity contribution in [3.8, 4) is 11.1 Å². The van der Waals surface area contributed by atoms with Crippen LogP contribution in [0.1, 0.15) is 29.5 Å². The smallest absolute Gasteiger partial charge is 0.428 e. The number of fused-ring (bicyclic) bond motifs is 3. The molecule has 186 valence electrons. The molecule has 1 atom stereocenters. The van der Waals surface area contributed by atoms with Crippen LogP contribution in [0.5, 0.6) is 0 Å². The molecule has 1 aliphatic rings. The average molecular weight is 488 g/mol. The highest BCUT2D eigenvalue weighted by molar-refractivity contribution is 5.87. The van der Waals surface area contributed by atoms with Crippen LogP contribution in [0.2, 0.25) is 0 Å². The van der Waals surface area contributed by atoms with Gasteiger partial charge in [0.1, 0.15) is 12.6 Å². The van der Waals surface area contributed by atoms with Gasteiger partial charge in [-0.2, -0.15) is 0 Å². The Hall–Kier alpha value is -4.33. The molecule has 3 aromatic carbocycles. The Balaban J connectivity index is 1.39. The number of hydrogen-bond acceptors (Lipinski definition) is 5. The van der Waals surface area contributed by atoms with Crippen molar-refractivity contribution in [2.75, 3.05) is 20.3 Å². The first-order valence-electron chi connectivity index (χ1n) is 11.8. The predicted molar refractivity (Wildman–Crippen MR) is 135 cm³/mol. The molecule has 36 heavy (non-hydrogen) atoms. The number of benzene rings is 3. The van der Waals surface area contributed by atoms with Crippen LogP contribution in [-0.4, -0.2) is 49.4 Å². The molecular weight excluding hydrogens is 458 g/mol. The summed E-state index contributed by atoms with van der Waals surface area (Å²) in [7, 11) is 1.40. The fourth-order valence-corrected chi connectivity index (χ4v) is 4.35. The molecule has 2 N–H and O–H groups in total. The fourth-order valence-electron chi connectivity index (χ4n) is 4.35. The first-order chi connectivity index (χ1) is 17.5. The first kappa shape index (κ1) is 24.8. The molecular formula is C28H29N3O5. The van der Waals surface area contributed by atoms with Gasteiger partial charge in [0.15, 0.2) is 0 Å². The van der Waals surface area contributed by atoms with E-state index in [2.05, 4.69) is 22.9 Å². The molecule has 3 amide bonds. The minimum atomic E-state index is -0.949. The predicted octanol–water partition coefficient (Wildman–Crippen LogP) is 4.26. The molecule has 0 saturated heterocycles. The first-order valence-corrected chi connectivity index (χ1v) is 11.8. The van der Waals surface area contributed by atoms with E-state index in [0.717, 1.165) is 32.8 Å². The molecule has 8 nitrogen and oxygen atoms in total.